The van der Waals surface area contributed by atoms with E-state index in [9.17, 15) is 14.4 Å². The number of fused-ring (bicyclic) bond motifs is 2. The van der Waals surface area contributed by atoms with Gasteiger partial charge in [0.25, 0.3) is 5.56 Å². The Hall–Kier alpha value is -3.81. The number of aromatic nitrogens is 3. The van der Waals surface area contributed by atoms with Crippen LogP contribution in [0, 0.1) is 13.8 Å². The van der Waals surface area contributed by atoms with Gasteiger partial charge in [-0.15, -0.1) is 5.10 Å². The Bertz CT molecular complexity index is 1370. The maximum Gasteiger partial charge on any atom is 0.336 e. The minimum absolute atomic E-state index is 0.126. The molecule has 0 unspecified atom stereocenters. The van der Waals surface area contributed by atoms with Crippen LogP contribution >= 0.6 is 0 Å². The summed E-state index contributed by atoms with van der Waals surface area (Å²) in [6.07, 6.45) is 0. The van der Waals surface area contributed by atoms with E-state index in [-0.39, 0.29) is 13.2 Å². The number of hydrogen-bond donors (Lipinski definition) is 0. The molecule has 0 aliphatic heterocycles. The molecular formula is C21H17N3O5. The van der Waals surface area contributed by atoms with Crippen LogP contribution in [0.2, 0.25) is 0 Å². The Kier molecular flexibility index (Phi) is 4.67. The van der Waals surface area contributed by atoms with E-state index in [0.29, 0.717) is 27.4 Å². The second kappa shape index (κ2) is 7.31. The first-order chi connectivity index (χ1) is 13.9. The molecule has 2 heterocycles. The van der Waals surface area contributed by atoms with Gasteiger partial charge in [0.05, 0.1) is 5.39 Å². The molecule has 0 N–H and O–H groups in total. The third kappa shape index (κ3) is 3.64. The van der Waals surface area contributed by atoms with Gasteiger partial charge in [0.1, 0.15) is 24.3 Å². The lowest BCUT2D eigenvalue weighted by Crippen LogP contribution is -2.28. The Balaban J connectivity index is 1.56. The van der Waals surface area contributed by atoms with E-state index in [0.717, 1.165) is 15.8 Å². The molecule has 0 atom stereocenters. The van der Waals surface area contributed by atoms with Crippen molar-refractivity contribution in [1.29, 1.82) is 0 Å². The minimum atomic E-state index is -0.665. The highest BCUT2D eigenvalue weighted by Crippen LogP contribution is 2.22. The monoisotopic (exact) mass is 391 g/mol. The molecule has 29 heavy (non-hydrogen) atoms. The first kappa shape index (κ1) is 18.5. The molecule has 0 aliphatic carbocycles. The van der Waals surface area contributed by atoms with Crippen molar-refractivity contribution in [2.75, 3.05) is 0 Å². The number of benzene rings is 2. The third-order valence-electron chi connectivity index (χ3n) is 4.74. The number of carbonyl (C=O) groups is 1. The van der Waals surface area contributed by atoms with Crippen LogP contribution in [-0.2, 0) is 22.7 Å². The lowest BCUT2D eigenvalue weighted by atomic mass is 10.0. The Morgan fingerprint density at radius 2 is 1.83 bits per heavy atom. The van der Waals surface area contributed by atoms with Crippen molar-refractivity contribution in [3.8, 4) is 0 Å². The predicted octanol–water partition coefficient (Wildman–Crippen LogP) is 2.26. The maximum absolute atomic E-state index is 12.4. The van der Waals surface area contributed by atoms with Gasteiger partial charge in [-0.3, -0.25) is 9.59 Å². The fourth-order valence-electron chi connectivity index (χ4n) is 3.06. The van der Waals surface area contributed by atoms with E-state index in [1.807, 2.05) is 19.9 Å². The summed E-state index contributed by atoms with van der Waals surface area (Å²) in [5.74, 6) is -0.665. The second-order valence-electron chi connectivity index (χ2n) is 6.75. The van der Waals surface area contributed by atoms with Crippen LogP contribution in [0.3, 0.4) is 0 Å². The van der Waals surface area contributed by atoms with Crippen molar-refractivity contribution in [1.82, 2.24) is 15.0 Å². The molecule has 4 aromatic rings. The number of nitrogens with zero attached hydrogens (tertiary/aromatic N) is 3. The Labute approximate surface area is 164 Å². The average Bonchev–Trinajstić information content (AvgIpc) is 2.70. The summed E-state index contributed by atoms with van der Waals surface area (Å²) in [7, 11) is 0. The molecule has 2 aromatic carbocycles. The van der Waals surface area contributed by atoms with Gasteiger partial charge in [-0.1, -0.05) is 17.3 Å². The minimum Gasteiger partial charge on any atom is -0.459 e. The highest BCUT2D eigenvalue weighted by atomic mass is 16.5. The van der Waals surface area contributed by atoms with Crippen molar-refractivity contribution < 1.29 is 13.9 Å². The van der Waals surface area contributed by atoms with Gasteiger partial charge in [0, 0.05) is 17.0 Å². The third-order valence-corrected chi connectivity index (χ3v) is 4.74. The molecule has 0 radical (unpaired) electrons. The molecule has 0 spiro atoms. The summed E-state index contributed by atoms with van der Waals surface area (Å²) in [4.78, 5) is 36.5. The van der Waals surface area contributed by atoms with Crippen LogP contribution in [0.5, 0.6) is 0 Å². The first-order valence-corrected chi connectivity index (χ1v) is 8.94. The Morgan fingerprint density at radius 1 is 1.07 bits per heavy atom. The molecule has 0 bridgehead atoms. The summed E-state index contributed by atoms with van der Waals surface area (Å²) in [5, 5.41) is 8.78. The predicted molar refractivity (Wildman–Crippen MR) is 106 cm³/mol. The van der Waals surface area contributed by atoms with Crippen LogP contribution in [0.15, 0.2) is 56.5 Å². The lowest BCUT2D eigenvalue weighted by Gasteiger charge is -2.09. The highest BCUT2D eigenvalue weighted by Gasteiger charge is 2.13. The Morgan fingerprint density at radius 3 is 2.66 bits per heavy atom. The van der Waals surface area contributed by atoms with Crippen LogP contribution in [0.4, 0.5) is 0 Å². The summed E-state index contributed by atoms with van der Waals surface area (Å²) < 4.78 is 11.5. The molecule has 4 rings (SSSR count). The van der Waals surface area contributed by atoms with Crippen molar-refractivity contribution in [3.05, 3.63) is 79.9 Å². The molecular weight excluding hydrogens is 374 g/mol. The van der Waals surface area contributed by atoms with Gasteiger partial charge in [-0.2, -0.15) is 4.68 Å². The molecule has 2 aromatic heterocycles. The molecule has 146 valence electrons. The normalized spacial score (nSPS) is 11.1. The van der Waals surface area contributed by atoms with E-state index >= 15 is 0 Å². The van der Waals surface area contributed by atoms with E-state index in [2.05, 4.69) is 10.3 Å². The zero-order valence-corrected chi connectivity index (χ0v) is 15.8. The van der Waals surface area contributed by atoms with E-state index in [4.69, 9.17) is 9.15 Å². The molecule has 0 fully saturated rings. The van der Waals surface area contributed by atoms with Gasteiger partial charge in [0.2, 0.25) is 0 Å². The average molecular weight is 391 g/mol. The van der Waals surface area contributed by atoms with Crippen molar-refractivity contribution in [2.24, 2.45) is 0 Å². The second-order valence-corrected chi connectivity index (χ2v) is 6.75. The zero-order valence-electron chi connectivity index (χ0n) is 15.8. The van der Waals surface area contributed by atoms with Crippen LogP contribution < -0.4 is 11.2 Å². The molecule has 0 saturated carbocycles. The largest absolute Gasteiger partial charge is 0.459 e. The fourth-order valence-corrected chi connectivity index (χ4v) is 3.06. The number of esters is 1. The summed E-state index contributed by atoms with van der Waals surface area (Å²) in [5.41, 5.74) is 2.48. The molecule has 0 saturated heterocycles. The van der Waals surface area contributed by atoms with Gasteiger partial charge in [-0.05, 0) is 49.2 Å². The summed E-state index contributed by atoms with van der Waals surface area (Å²) >= 11 is 0. The smallest absolute Gasteiger partial charge is 0.336 e. The fraction of sp³-hybridized carbons (Fsp3) is 0.190. The quantitative estimate of drug-likeness (QED) is 0.388. The topological polar surface area (TPSA) is 104 Å². The molecule has 8 nitrogen and oxygen atoms in total. The van der Waals surface area contributed by atoms with Crippen LogP contribution in [0.1, 0.15) is 16.7 Å². The zero-order chi connectivity index (χ0) is 20.5. The first-order valence-electron chi connectivity index (χ1n) is 8.94. The van der Waals surface area contributed by atoms with Crippen molar-refractivity contribution >= 4 is 27.8 Å². The highest BCUT2D eigenvalue weighted by molar-refractivity contribution is 5.82. The van der Waals surface area contributed by atoms with Gasteiger partial charge in [0.15, 0.2) is 0 Å². The number of carbonyl (C=O) groups excluding carboxylic acids is 1. The standard InChI is InChI=1S/C21H17N3O5/c1-12-7-16-14(9-19(25)29-18(16)8-13(12)2)11-28-20(26)10-24-21(27)15-5-3-4-6-17(15)22-23-24/h3-9H,10-11H2,1-2H3. The van der Waals surface area contributed by atoms with Crippen molar-refractivity contribution in [3.63, 3.8) is 0 Å². The lowest BCUT2D eigenvalue weighted by molar-refractivity contribution is -0.146. The summed E-state index contributed by atoms with van der Waals surface area (Å²) in [6.45, 7) is 3.36. The van der Waals surface area contributed by atoms with E-state index in [1.54, 1.807) is 30.3 Å². The van der Waals surface area contributed by atoms with Gasteiger partial charge >= 0.3 is 11.6 Å². The molecule has 0 aliphatic rings. The number of hydrogen-bond acceptors (Lipinski definition) is 7. The molecule has 8 heteroatoms. The maximum atomic E-state index is 12.4. The number of aryl methyl sites for hydroxylation is 2. The van der Waals surface area contributed by atoms with Crippen LogP contribution in [0.25, 0.3) is 21.9 Å². The van der Waals surface area contributed by atoms with Gasteiger partial charge < -0.3 is 9.15 Å². The van der Waals surface area contributed by atoms with E-state index in [1.165, 1.54) is 6.07 Å². The van der Waals surface area contributed by atoms with E-state index < -0.39 is 17.2 Å². The summed E-state index contributed by atoms with van der Waals surface area (Å²) in [6, 6.07) is 11.7. The van der Waals surface area contributed by atoms with Crippen molar-refractivity contribution in [2.45, 2.75) is 27.0 Å². The SMILES string of the molecule is Cc1cc2oc(=O)cc(COC(=O)Cn3nnc4ccccc4c3=O)c2cc1C. The van der Waals surface area contributed by atoms with Crippen LogP contribution in [-0.4, -0.2) is 21.0 Å². The number of rotatable bonds is 4. The number of ether oxygens (including phenoxy) is 1. The molecule has 0 amide bonds. The van der Waals surface area contributed by atoms with Gasteiger partial charge in [-0.25, -0.2) is 4.79 Å².